The molecule has 138 valence electrons. The first-order valence-electron chi connectivity index (χ1n) is 9.27. The maximum absolute atomic E-state index is 13.9. The van der Waals surface area contributed by atoms with Crippen LogP contribution in [0.15, 0.2) is 17.3 Å². The summed E-state index contributed by atoms with van der Waals surface area (Å²) in [5, 5.41) is 6.21. The third-order valence-electron chi connectivity index (χ3n) is 5.68. The number of hydrogen-bond donors (Lipinski definition) is 1. The maximum atomic E-state index is 13.9. The fourth-order valence-corrected chi connectivity index (χ4v) is 4.21. The van der Waals surface area contributed by atoms with Gasteiger partial charge < -0.3 is 15.0 Å². The highest BCUT2D eigenvalue weighted by Gasteiger charge is 2.29. The summed E-state index contributed by atoms with van der Waals surface area (Å²) in [4.78, 5) is 13.5. The van der Waals surface area contributed by atoms with Crippen molar-refractivity contribution in [3.05, 3.63) is 28.4 Å². The SMILES string of the molecule is CO[C@H]1CC[C@H](N2CCC(Nc3cc(C)cc(F)c3N=O)CC2)CC1. The summed E-state index contributed by atoms with van der Waals surface area (Å²) in [6.45, 7) is 3.90. The molecule has 0 radical (unpaired) electrons. The molecular formula is C19H28FN3O2. The number of anilines is 1. The van der Waals surface area contributed by atoms with E-state index in [0.717, 1.165) is 44.3 Å². The largest absolute Gasteiger partial charge is 0.381 e. The lowest BCUT2D eigenvalue weighted by Crippen LogP contribution is -2.46. The molecule has 0 aromatic heterocycles. The molecule has 2 aliphatic rings. The van der Waals surface area contributed by atoms with Gasteiger partial charge in [-0.3, -0.25) is 0 Å². The Morgan fingerprint density at radius 1 is 1.16 bits per heavy atom. The molecule has 6 heteroatoms. The van der Waals surface area contributed by atoms with Crippen LogP contribution in [-0.4, -0.2) is 43.3 Å². The minimum atomic E-state index is -0.551. The van der Waals surface area contributed by atoms with Crippen molar-refractivity contribution in [2.45, 2.75) is 63.6 Å². The van der Waals surface area contributed by atoms with Gasteiger partial charge in [-0.15, -0.1) is 4.91 Å². The molecule has 1 aromatic rings. The van der Waals surface area contributed by atoms with Crippen LogP contribution in [0.25, 0.3) is 0 Å². The third kappa shape index (κ3) is 4.36. The Hall–Kier alpha value is -1.53. The summed E-state index contributed by atoms with van der Waals surface area (Å²) in [7, 11) is 1.80. The van der Waals surface area contributed by atoms with E-state index < -0.39 is 5.82 Å². The van der Waals surface area contributed by atoms with Gasteiger partial charge in [-0.25, -0.2) is 4.39 Å². The van der Waals surface area contributed by atoms with Gasteiger partial charge in [0.25, 0.3) is 0 Å². The number of halogens is 1. The number of piperidine rings is 1. The average Bonchev–Trinajstić information content (AvgIpc) is 2.62. The van der Waals surface area contributed by atoms with Crippen LogP contribution in [0.5, 0.6) is 0 Å². The van der Waals surface area contributed by atoms with E-state index in [1.165, 1.54) is 18.9 Å². The highest BCUT2D eigenvalue weighted by atomic mass is 19.1. The van der Waals surface area contributed by atoms with Crippen molar-refractivity contribution in [2.24, 2.45) is 5.18 Å². The lowest BCUT2D eigenvalue weighted by atomic mass is 9.90. The fourth-order valence-electron chi connectivity index (χ4n) is 4.21. The molecule has 1 aromatic carbocycles. The lowest BCUT2D eigenvalue weighted by Gasteiger charge is -2.41. The van der Waals surface area contributed by atoms with Crippen LogP contribution < -0.4 is 5.32 Å². The number of methoxy groups -OCH3 is 1. The van der Waals surface area contributed by atoms with Crippen molar-refractivity contribution in [1.29, 1.82) is 0 Å². The Morgan fingerprint density at radius 3 is 2.44 bits per heavy atom. The minimum absolute atomic E-state index is 0.106. The Kier molecular flexibility index (Phi) is 6.02. The van der Waals surface area contributed by atoms with Crippen molar-refractivity contribution < 1.29 is 9.13 Å². The van der Waals surface area contributed by atoms with E-state index in [1.807, 2.05) is 6.92 Å². The van der Waals surface area contributed by atoms with Crippen LogP contribution >= 0.6 is 0 Å². The molecule has 1 N–H and O–H groups in total. The van der Waals surface area contributed by atoms with Crippen LogP contribution in [0, 0.1) is 17.6 Å². The summed E-state index contributed by atoms with van der Waals surface area (Å²) in [6.07, 6.45) is 7.14. The van der Waals surface area contributed by atoms with E-state index in [2.05, 4.69) is 15.4 Å². The van der Waals surface area contributed by atoms with Crippen LogP contribution in [0.1, 0.15) is 44.1 Å². The quantitative estimate of drug-likeness (QED) is 0.802. The number of ether oxygens (including phenoxy) is 1. The van der Waals surface area contributed by atoms with E-state index in [0.29, 0.717) is 17.8 Å². The molecular weight excluding hydrogens is 321 g/mol. The monoisotopic (exact) mass is 349 g/mol. The number of benzene rings is 1. The molecule has 2 fully saturated rings. The van der Waals surface area contributed by atoms with Gasteiger partial charge in [0.15, 0.2) is 11.5 Å². The van der Waals surface area contributed by atoms with E-state index in [1.54, 1.807) is 13.2 Å². The molecule has 25 heavy (non-hydrogen) atoms. The highest BCUT2D eigenvalue weighted by Crippen LogP contribution is 2.32. The standard InChI is InChI=1S/C19H28FN3O2/c1-13-11-17(20)19(22-24)18(12-13)21-14-7-9-23(10-8-14)15-3-5-16(25-2)6-4-15/h11-12,14-16,21H,3-10H2,1-2H3/t15-,16-. The molecule has 1 aliphatic carbocycles. The second-order valence-electron chi connectivity index (χ2n) is 7.36. The van der Waals surface area contributed by atoms with Gasteiger partial charge in [0, 0.05) is 32.3 Å². The average molecular weight is 349 g/mol. The number of hydrogen-bond acceptors (Lipinski definition) is 5. The van der Waals surface area contributed by atoms with Crippen LogP contribution in [-0.2, 0) is 4.74 Å². The van der Waals surface area contributed by atoms with Gasteiger partial charge in [-0.1, -0.05) is 0 Å². The number of likely N-dealkylation sites (tertiary alicyclic amines) is 1. The van der Waals surface area contributed by atoms with Crippen molar-refractivity contribution in [1.82, 2.24) is 4.90 Å². The zero-order valence-corrected chi connectivity index (χ0v) is 15.1. The molecule has 1 saturated heterocycles. The summed E-state index contributed by atoms with van der Waals surface area (Å²) in [6, 6.07) is 4.07. The second kappa shape index (κ2) is 8.23. The Bertz CT molecular complexity index is 595. The summed E-state index contributed by atoms with van der Waals surface area (Å²) in [5.74, 6) is -0.551. The summed E-state index contributed by atoms with van der Waals surface area (Å²) < 4.78 is 19.3. The predicted molar refractivity (Wildman–Crippen MR) is 97.9 cm³/mol. The predicted octanol–water partition coefficient (Wildman–Crippen LogP) is 4.37. The maximum Gasteiger partial charge on any atom is 0.166 e. The van der Waals surface area contributed by atoms with Gasteiger partial charge in [0.05, 0.1) is 11.8 Å². The molecule has 0 bridgehead atoms. The van der Waals surface area contributed by atoms with Gasteiger partial charge >= 0.3 is 0 Å². The van der Waals surface area contributed by atoms with Gasteiger partial charge in [-0.2, -0.15) is 0 Å². The molecule has 0 unspecified atom stereocenters. The van der Waals surface area contributed by atoms with Crippen molar-refractivity contribution in [3.63, 3.8) is 0 Å². The molecule has 0 spiro atoms. The second-order valence-corrected chi connectivity index (χ2v) is 7.36. The van der Waals surface area contributed by atoms with E-state index in [-0.39, 0.29) is 11.7 Å². The number of nitrogens with zero attached hydrogens (tertiary/aromatic N) is 2. The van der Waals surface area contributed by atoms with Crippen molar-refractivity contribution >= 4 is 11.4 Å². The number of rotatable bonds is 5. The Balaban J connectivity index is 1.54. The number of aryl methyl sites for hydroxylation is 1. The smallest absolute Gasteiger partial charge is 0.166 e. The Morgan fingerprint density at radius 2 is 1.84 bits per heavy atom. The van der Waals surface area contributed by atoms with Crippen molar-refractivity contribution in [2.75, 3.05) is 25.5 Å². The van der Waals surface area contributed by atoms with Crippen molar-refractivity contribution in [3.8, 4) is 0 Å². The van der Waals surface area contributed by atoms with Gasteiger partial charge in [-0.05, 0) is 68.3 Å². The normalized spacial score (nSPS) is 25.7. The van der Waals surface area contributed by atoms with E-state index >= 15 is 0 Å². The summed E-state index contributed by atoms with van der Waals surface area (Å²) in [5.41, 5.74) is 1.21. The highest BCUT2D eigenvalue weighted by molar-refractivity contribution is 5.67. The van der Waals surface area contributed by atoms with Crippen LogP contribution in [0.4, 0.5) is 15.8 Å². The molecule has 0 amide bonds. The first kappa shape index (κ1) is 18.3. The zero-order valence-electron chi connectivity index (χ0n) is 15.1. The van der Waals surface area contributed by atoms with Gasteiger partial charge in [0.2, 0.25) is 0 Å². The zero-order chi connectivity index (χ0) is 17.8. The third-order valence-corrected chi connectivity index (χ3v) is 5.68. The molecule has 5 nitrogen and oxygen atoms in total. The Labute approximate surface area is 148 Å². The minimum Gasteiger partial charge on any atom is -0.381 e. The lowest BCUT2D eigenvalue weighted by molar-refractivity contribution is 0.0329. The first-order valence-corrected chi connectivity index (χ1v) is 9.27. The molecule has 0 atom stereocenters. The molecule has 1 heterocycles. The topological polar surface area (TPSA) is 53.9 Å². The summed E-state index contributed by atoms with van der Waals surface area (Å²) >= 11 is 0. The van der Waals surface area contributed by atoms with Crippen LogP contribution in [0.2, 0.25) is 0 Å². The fraction of sp³-hybridized carbons (Fsp3) is 0.684. The molecule has 3 rings (SSSR count). The molecule has 1 saturated carbocycles. The number of nitrogens with one attached hydrogen (secondary N) is 1. The molecule has 1 aliphatic heterocycles. The number of nitroso groups, excluding NO2 is 1. The van der Waals surface area contributed by atoms with Gasteiger partial charge in [0.1, 0.15) is 0 Å². The van der Waals surface area contributed by atoms with E-state index in [4.69, 9.17) is 4.74 Å². The van der Waals surface area contributed by atoms with Crippen LogP contribution in [0.3, 0.4) is 0 Å². The first-order chi connectivity index (χ1) is 12.1. The van der Waals surface area contributed by atoms with E-state index in [9.17, 15) is 9.30 Å².